The van der Waals surface area contributed by atoms with Crippen LogP contribution in [0.5, 0.6) is 0 Å². The topological polar surface area (TPSA) is 61.0 Å². The molecule has 0 saturated heterocycles. The van der Waals surface area contributed by atoms with Gasteiger partial charge >= 0.3 is 0 Å². The fourth-order valence-electron chi connectivity index (χ4n) is 1.96. The molecule has 2 N–H and O–H groups in total. The van der Waals surface area contributed by atoms with E-state index in [1.807, 2.05) is 0 Å². The lowest BCUT2D eigenvalue weighted by atomic mass is 9.78. The standard InChI is InChI=1S/C11H19N3OS/c1-3-8(12)10-14-13-9(16-10)7-11(15-2)5-4-6-11/h8H,3-7,12H2,1-2H3. The molecular weight excluding hydrogens is 222 g/mol. The Labute approximate surface area is 100 Å². The van der Waals surface area contributed by atoms with Crippen LogP contribution in [0.3, 0.4) is 0 Å². The first-order valence-electron chi connectivity index (χ1n) is 5.82. The summed E-state index contributed by atoms with van der Waals surface area (Å²) in [5.41, 5.74) is 5.96. The van der Waals surface area contributed by atoms with Gasteiger partial charge in [-0.3, -0.25) is 0 Å². The smallest absolute Gasteiger partial charge is 0.134 e. The van der Waals surface area contributed by atoms with Gasteiger partial charge in [0.15, 0.2) is 0 Å². The molecule has 1 aliphatic carbocycles. The molecule has 1 heterocycles. The number of rotatable bonds is 5. The van der Waals surface area contributed by atoms with Crippen molar-refractivity contribution in [2.24, 2.45) is 5.73 Å². The van der Waals surface area contributed by atoms with Crippen molar-refractivity contribution in [3.05, 3.63) is 10.0 Å². The van der Waals surface area contributed by atoms with Crippen molar-refractivity contribution in [2.45, 2.75) is 50.7 Å². The third kappa shape index (κ3) is 2.26. The second kappa shape index (κ2) is 4.77. The van der Waals surface area contributed by atoms with Crippen molar-refractivity contribution in [1.82, 2.24) is 10.2 Å². The molecule has 16 heavy (non-hydrogen) atoms. The molecule has 90 valence electrons. The lowest BCUT2D eigenvalue weighted by Gasteiger charge is -2.39. The highest BCUT2D eigenvalue weighted by Crippen LogP contribution is 2.38. The Morgan fingerprint density at radius 2 is 2.25 bits per heavy atom. The van der Waals surface area contributed by atoms with E-state index in [0.29, 0.717) is 0 Å². The van der Waals surface area contributed by atoms with Crippen molar-refractivity contribution < 1.29 is 4.74 Å². The number of methoxy groups -OCH3 is 1. The first-order valence-corrected chi connectivity index (χ1v) is 6.64. The van der Waals surface area contributed by atoms with Crippen LogP contribution in [0.25, 0.3) is 0 Å². The van der Waals surface area contributed by atoms with Crippen LogP contribution in [0.1, 0.15) is 48.7 Å². The van der Waals surface area contributed by atoms with E-state index in [-0.39, 0.29) is 11.6 Å². The van der Waals surface area contributed by atoms with Crippen molar-refractivity contribution in [3.8, 4) is 0 Å². The SMILES string of the molecule is CCC(N)c1nnc(CC2(OC)CCC2)s1. The number of nitrogens with two attached hydrogens (primary N) is 1. The molecule has 1 saturated carbocycles. The molecule has 2 rings (SSSR count). The predicted octanol–water partition coefficient (Wildman–Crippen LogP) is 2.06. The molecule has 0 amide bonds. The minimum Gasteiger partial charge on any atom is -0.378 e. The number of hydrogen-bond donors (Lipinski definition) is 1. The van der Waals surface area contributed by atoms with E-state index < -0.39 is 0 Å². The van der Waals surface area contributed by atoms with Gasteiger partial charge in [-0.15, -0.1) is 10.2 Å². The molecule has 1 aromatic rings. The van der Waals surface area contributed by atoms with Gasteiger partial charge in [0.1, 0.15) is 10.0 Å². The maximum atomic E-state index is 5.93. The van der Waals surface area contributed by atoms with E-state index in [1.165, 1.54) is 6.42 Å². The highest BCUT2D eigenvalue weighted by Gasteiger charge is 2.38. The molecular formula is C11H19N3OS. The summed E-state index contributed by atoms with van der Waals surface area (Å²) >= 11 is 1.63. The van der Waals surface area contributed by atoms with E-state index in [9.17, 15) is 0 Å². The minimum absolute atomic E-state index is 0.0335. The summed E-state index contributed by atoms with van der Waals surface area (Å²) in [4.78, 5) is 0. The molecule has 1 aliphatic rings. The first kappa shape index (κ1) is 12.0. The normalized spacial score (nSPS) is 20.4. The maximum absolute atomic E-state index is 5.93. The van der Waals surface area contributed by atoms with Gasteiger partial charge in [-0.1, -0.05) is 18.3 Å². The van der Waals surface area contributed by atoms with Gasteiger partial charge in [0.05, 0.1) is 11.6 Å². The van der Waals surface area contributed by atoms with E-state index in [1.54, 1.807) is 18.4 Å². The highest BCUT2D eigenvalue weighted by molar-refractivity contribution is 7.11. The number of aromatic nitrogens is 2. The van der Waals surface area contributed by atoms with E-state index >= 15 is 0 Å². The van der Waals surface area contributed by atoms with Crippen molar-refractivity contribution in [1.29, 1.82) is 0 Å². The zero-order valence-electron chi connectivity index (χ0n) is 9.90. The molecule has 0 bridgehead atoms. The second-order valence-corrected chi connectivity index (χ2v) is 5.56. The molecule has 0 spiro atoms. The summed E-state index contributed by atoms with van der Waals surface area (Å²) in [6.07, 6.45) is 5.33. The van der Waals surface area contributed by atoms with Gasteiger partial charge in [0, 0.05) is 13.5 Å². The number of hydrogen-bond acceptors (Lipinski definition) is 5. The van der Waals surface area contributed by atoms with E-state index in [4.69, 9.17) is 10.5 Å². The average Bonchev–Trinajstić information content (AvgIpc) is 2.70. The van der Waals surface area contributed by atoms with Crippen LogP contribution in [0.4, 0.5) is 0 Å². The molecule has 1 fully saturated rings. The monoisotopic (exact) mass is 241 g/mol. The molecule has 0 aromatic carbocycles. The second-order valence-electron chi connectivity index (χ2n) is 4.47. The molecule has 1 atom stereocenters. The fraction of sp³-hybridized carbons (Fsp3) is 0.818. The van der Waals surface area contributed by atoms with Crippen LogP contribution in [0.15, 0.2) is 0 Å². The average molecular weight is 241 g/mol. The van der Waals surface area contributed by atoms with Gasteiger partial charge in [0.2, 0.25) is 0 Å². The Hall–Kier alpha value is -0.520. The van der Waals surface area contributed by atoms with Crippen molar-refractivity contribution >= 4 is 11.3 Å². The van der Waals surface area contributed by atoms with Gasteiger partial charge in [0.25, 0.3) is 0 Å². The summed E-state index contributed by atoms with van der Waals surface area (Å²) in [7, 11) is 1.79. The van der Waals surface area contributed by atoms with Crippen molar-refractivity contribution in [2.75, 3.05) is 7.11 Å². The third-order valence-corrected chi connectivity index (χ3v) is 4.47. The minimum atomic E-state index is 0.0335. The summed E-state index contributed by atoms with van der Waals surface area (Å²) in [6.45, 7) is 2.06. The summed E-state index contributed by atoms with van der Waals surface area (Å²) in [5, 5.41) is 10.4. The van der Waals surface area contributed by atoms with Crippen LogP contribution in [-0.2, 0) is 11.2 Å². The third-order valence-electron chi connectivity index (χ3n) is 3.41. The molecule has 0 radical (unpaired) electrons. The Balaban J connectivity index is 2.02. The van der Waals surface area contributed by atoms with Crippen molar-refractivity contribution in [3.63, 3.8) is 0 Å². The van der Waals surface area contributed by atoms with Crippen LogP contribution >= 0.6 is 11.3 Å². The largest absolute Gasteiger partial charge is 0.378 e. The Bertz CT molecular complexity index is 343. The molecule has 5 heteroatoms. The Kier molecular flexibility index (Phi) is 3.56. The van der Waals surface area contributed by atoms with E-state index in [2.05, 4.69) is 17.1 Å². The summed E-state index contributed by atoms with van der Waals surface area (Å²) in [6, 6.07) is 0.0335. The first-order chi connectivity index (χ1) is 7.69. The summed E-state index contributed by atoms with van der Waals surface area (Å²) < 4.78 is 5.58. The van der Waals surface area contributed by atoms with Crippen LogP contribution in [-0.4, -0.2) is 22.9 Å². The van der Waals surface area contributed by atoms with Crippen LogP contribution in [0.2, 0.25) is 0 Å². The summed E-state index contributed by atoms with van der Waals surface area (Å²) in [5.74, 6) is 0. The van der Waals surface area contributed by atoms with E-state index in [0.717, 1.165) is 35.7 Å². The highest BCUT2D eigenvalue weighted by atomic mass is 32.1. The van der Waals surface area contributed by atoms with Gasteiger partial charge < -0.3 is 10.5 Å². The molecule has 4 nitrogen and oxygen atoms in total. The molecule has 0 aliphatic heterocycles. The number of ether oxygens (including phenoxy) is 1. The lowest BCUT2D eigenvalue weighted by molar-refractivity contribution is -0.0709. The van der Waals surface area contributed by atoms with Gasteiger partial charge in [-0.05, 0) is 25.7 Å². The predicted molar refractivity (Wildman–Crippen MR) is 64.4 cm³/mol. The zero-order chi connectivity index (χ0) is 11.6. The molecule has 1 unspecified atom stereocenters. The maximum Gasteiger partial charge on any atom is 0.134 e. The van der Waals surface area contributed by atoms with Crippen LogP contribution in [0, 0.1) is 0 Å². The van der Waals surface area contributed by atoms with Gasteiger partial charge in [-0.2, -0.15) is 0 Å². The quantitative estimate of drug-likeness (QED) is 0.857. The Morgan fingerprint density at radius 3 is 2.75 bits per heavy atom. The van der Waals surface area contributed by atoms with Gasteiger partial charge in [-0.25, -0.2) is 0 Å². The van der Waals surface area contributed by atoms with Crippen LogP contribution < -0.4 is 5.73 Å². The zero-order valence-corrected chi connectivity index (χ0v) is 10.7. The molecule has 1 aromatic heterocycles. The number of nitrogens with zero attached hydrogens (tertiary/aromatic N) is 2. The lowest BCUT2D eigenvalue weighted by Crippen LogP contribution is -2.41. The Morgan fingerprint density at radius 1 is 1.50 bits per heavy atom. The fourth-order valence-corrected chi connectivity index (χ4v) is 3.02.